The molecule has 0 saturated heterocycles. The molecule has 10 nitrogen and oxygen atoms in total. The summed E-state index contributed by atoms with van der Waals surface area (Å²) in [6.07, 6.45) is 0.162. The van der Waals surface area contributed by atoms with Crippen molar-refractivity contribution >= 4 is 23.9 Å². The van der Waals surface area contributed by atoms with Gasteiger partial charge in [-0.3, -0.25) is 0 Å². The number of ether oxygens (including phenoxy) is 3. The molecule has 1 aliphatic heterocycles. The molecule has 0 aliphatic carbocycles. The fourth-order valence-corrected chi connectivity index (χ4v) is 2.50. The van der Waals surface area contributed by atoms with Crippen LogP contribution in [0, 0.1) is 0 Å². The van der Waals surface area contributed by atoms with Crippen LogP contribution in [-0.2, 0) is 28.6 Å². The van der Waals surface area contributed by atoms with Crippen LogP contribution in [0.15, 0.2) is 0 Å². The Morgan fingerprint density at radius 2 is 1.68 bits per heavy atom. The maximum Gasteiger partial charge on any atom is 0.439 e. The summed E-state index contributed by atoms with van der Waals surface area (Å²) in [6.45, 7) is 13.6. The van der Waals surface area contributed by atoms with Gasteiger partial charge in [-0.1, -0.05) is 0 Å². The third kappa shape index (κ3) is 11.1. The number of carbonyl (C=O) groups is 3. The molecular weight excluding hydrogens is 408 g/mol. The number of amides is 2. The molecule has 2 N–H and O–H groups in total. The van der Waals surface area contributed by atoms with Gasteiger partial charge in [-0.05, 0) is 54.9 Å². The van der Waals surface area contributed by atoms with Crippen molar-refractivity contribution in [3.05, 3.63) is 0 Å². The SMILES string of the molecule is CC(C)(C)OC(=O)NCCOC(C)(C)COC(C)(C)CCC(=O)O[N+]1=C(O)CCC1=O. The lowest BCUT2D eigenvalue weighted by atomic mass is 10.0. The van der Waals surface area contributed by atoms with E-state index in [0.717, 1.165) is 0 Å². The molecule has 1 rings (SSSR count). The van der Waals surface area contributed by atoms with E-state index in [0.29, 0.717) is 17.7 Å². The van der Waals surface area contributed by atoms with E-state index in [9.17, 15) is 19.5 Å². The van der Waals surface area contributed by atoms with E-state index in [1.807, 2.05) is 27.7 Å². The van der Waals surface area contributed by atoms with Gasteiger partial charge in [0.2, 0.25) is 0 Å². The maximum atomic E-state index is 12.0. The highest BCUT2D eigenvalue weighted by Gasteiger charge is 2.37. The molecule has 1 heterocycles. The van der Waals surface area contributed by atoms with E-state index in [1.165, 1.54) is 0 Å². The van der Waals surface area contributed by atoms with Gasteiger partial charge >= 0.3 is 23.9 Å². The minimum absolute atomic E-state index is 0.0190. The predicted molar refractivity (Wildman–Crippen MR) is 112 cm³/mol. The first kappa shape index (κ1) is 26.8. The number of nitrogens with one attached hydrogen (secondary N) is 1. The fourth-order valence-electron chi connectivity index (χ4n) is 2.50. The molecule has 31 heavy (non-hydrogen) atoms. The molecule has 0 bridgehead atoms. The zero-order chi connectivity index (χ0) is 23.9. The smallest absolute Gasteiger partial charge is 0.439 e. The van der Waals surface area contributed by atoms with E-state index in [-0.39, 0.29) is 38.4 Å². The third-order valence-corrected chi connectivity index (χ3v) is 4.22. The first-order valence-electron chi connectivity index (χ1n) is 10.4. The molecule has 0 saturated carbocycles. The van der Waals surface area contributed by atoms with Crippen molar-refractivity contribution in [1.82, 2.24) is 5.32 Å². The monoisotopic (exact) mass is 445 g/mol. The second-order valence-electron chi connectivity index (χ2n) is 9.65. The Morgan fingerprint density at radius 3 is 2.23 bits per heavy atom. The topological polar surface area (TPSA) is 123 Å². The van der Waals surface area contributed by atoms with Gasteiger partial charge in [0.25, 0.3) is 0 Å². The van der Waals surface area contributed by atoms with Crippen LogP contribution in [0.3, 0.4) is 0 Å². The quantitative estimate of drug-likeness (QED) is 0.283. The van der Waals surface area contributed by atoms with Gasteiger partial charge in [0.05, 0.1) is 48.4 Å². The van der Waals surface area contributed by atoms with Crippen molar-refractivity contribution < 1.29 is 43.3 Å². The average molecular weight is 446 g/mol. The summed E-state index contributed by atoms with van der Waals surface area (Å²) in [7, 11) is 0. The number of aliphatic hydroxyl groups excluding tert-OH is 1. The summed E-state index contributed by atoms with van der Waals surface area (Å²) in [6, 6.07) is 0. The number of hydrogen-bond donors (Lipinski definition) is 2. The standard InChI is InChI=1S/C21H36N2O8/c1-19(2,3)30-18(27)22-12-13-28-21(6,7)14-29-20(4,5)11-10-17(26)31-23-15(24)8-9-16(23)25/h8-14H2,1-7H3,(H,22,27)/p+1. The summed E-state index contributed by atoms with van der Waals surface area (Å²) in [4.78, 5) is 40.1. The second-order valence-corrected chi connectivity index (χ2v) is 9.65. The predicted octanol–water partition coefficient (Wildman–Crippen LogP) is 2.63. The third-order valence-electron chi connectivity index (χ3n) is 4.22. The molecule has 10 heteroatoms. The summed E-state index contributed by atoms with van der Waals surface area (Å²) >= 11 is 0. The van der Waals surface area contributed by atoms with Crippen LogP contribution in [0.5, 0.6) is 0 Å². The van der Waals surface area contributed by atoms with Crippen LogP contribution in [0.25, 0.3) is 0 Å². The molecule has 0 radical (unpaired) electrons. The second kappa shape index (κ2) is 10.9. The molecule has 0 fully saturated rings. The Labute approximate surface area is 183 Å². The van der Waals surface area contributed by atoms with Gasteiger partial charge in [-0.25, -0.2) is 14.4 Å². The fraction of sp³-hybridized carbons (Fsp3) is 0.810. The van der Waals surface area contributed by atoms with Gasteiger partial charge in [-0.2, -0.15) is 4.84 Å². The Hall–Kier alpha value is -2.20. The molecule has 178 valence electrons. The number of aliphatic hydroxyl groups is 1. The molecule has 0 aromatic rings. The first-order valence-corrected chi connectivity index (χ1v) is 10.4. The Morgan fingerprint density at radius 1 is 1.03 bits per heavy atom. The highest BCUT2D eigenvalue weighted by Crippen LogP contribution is 2.21. The van der Waals surface area contributed by atoms with Crippen molar-refractivity contribution in [2.24, 2.45) is 0 Å². The van der Waals surface area contributed by atoms with Crippen LogP contribution in [0.4, 0.5) is 4.79 Å². The lowest BCUT2D eigenvalue weighted by Gasteiger charge is -2.32. The average Bonchev–Trinajstić information content (AvgIpc) is 2.93. The van der Waals surface area contributed by atoms with E-state index in [1.54, 1.807) is 20.8 Å². The lowest BCUT2D eigenvalue weighted by Crippen LogP contribution is -2.39. The van der Waals surface area contributed by atoms with Crippen LogP contribution in [0.2, 0.25) is 0 Å². The van der Waals surface area contributed by atoms with Gasteiger partial charge in [-0.15, -0.1) is 0 Å². The van der Waals surface area contributed by atoms with Crippen molar-refractivity contribution in [1.29, 1.82) is 0 Å². The zero-order valence-electron chi connectivity index (χ0n) is 19.7. The zero-order valence-corrected chi connectivity index (χ0v) is 19.7. The molecular formula is C21H37N2O8+. The molecule has 0 aromatic carbocycles. The van der Waals surface area contributed by atoms with Gasteiger partial charge in [0.15, 0.2) is 0 Å². The van der Waals surface area contributed by atoms with Gasteiger partial charge in [0.1, 0.15) is 5.60 Å². The van der Waals surface area contributed by atoms with Crippen molar-refractivity contribution in [2.45, 2.75) is 91.0 Å². The molecule has 0 spiro atoms. The molecule has 0 unspecified atom stereocenters. The molecule has 1 aliphatic rings. The van der Waals surface area contributed by atoms with Crippen molar-refractivity contribution in [3.8, 4) is 0 Å². The highest BCUT2D eigenvalue weighted by molar-refractivity contribution is 5.86. The van der Waals surface area contributed by atoms with E-state index < -0.39 is 34.8 Å². The van der Waals surface area contributed by atoms with E-state index >= 15 is 0 Å². The lowest BCUT2D eigenvalue weighted by molar-refractivity contribution is -0.694. The summed E-state index contributed by atoms with van der Waals surface area (Å²) in [5.74, 6) is -1.32. The van der Waals surface area contributed by atoms with Crippen molar-refractivity contribution in [2.75, 3.05) is 19.8 Å². The van der Waals surface area contributed by atoms with E-state index in [2.05, 4.69) is 5.32 Å². The van der Waals surface area contributed by atoms with Crippen LogP contribution < -0.4 is 5.32 Å². The number of nitrogens with zero attached hydrogens (tertiary/aromatic N) is 1. The summed E-state index contributed by atoms with van der Waals surface area (Å²) in [5.41, 5.74) is -1.82. The minimum atomic E-state index is -0.644. The number of carbonyl (C=O) groups excluding carboxylic acids is 3. The molecule has 2 amide bonds. The highest BCUT2D eigenvalue weighted by atomic mass is 16.7. The van der Waals surface area contributed by atoms with Crippen LogP contribution in [0.1, 0.15) is 74.1 Å². The first-order chi connectivity index (χ1) is 14.1. The van der Waals surface area contributed by atoms with Gasteiger partial charge in [0, 0.05) is 6.54 Å². The summed E-state index contributed by atoms with van der Waals surface area (Å²) < 4.78 is 17.5. The molecule has 0 atom stereocenters. The minimum Gasteiger partial charge on any atom is -0.460 e. The Balaban J connectivity index is 2.32. The number of hydrogen-bond acceptors (Lipinski definition) is 7. The Kier molecular flexibility index (Phi) is 9.44. The number of hydroxylamine groups is 1. The number of rotatable bonds is 11. The number of alkyl carbamates (subject to hydrolysis) is 1. The van der Waals surface area contributed by atoms with Crippen LogP contribution >= 0.6 is 0 Å². The van der Waals surface area contributed by atoms with E-state index in [4.69, 9.17) is 19.0 Å². The maximum absolute atomic E-state index is 12.0. The summed E-state index contributed by atoms with van der Waals surface area (Å²) in [5, 5.41) is 12.2. The Bertz CT molecular complexity index is 692. The largest absolute Gasteiger partial charge is 0.460 e. The van der Waals surface area contributed by atoms with Gasteiger partial charge < -0.3 is 24.6 Å². The normalized spacial score (nSPS) is 15.3. The van der Waals surface area contributed by atoms with Crippen molar-refractivity contribution in [3.63, 3.8) is 0 Å². The van der Waals surface area contributed by atoms with Crippen LogP contribution in [-0.4, -0.2) is 70.3 Å². The molecule has 0 aromatic heterocycles.